The zero-order chi connectivity index (χ0) is 22.5. The number of rotatable bonds is 3. The number of halogens is 4. The van der Waals surface area contributed by atoms with Crippen LogP contribution >= 0.6 is 0 Å². The summed E-state index contributed by atoms with van der Waals surface area (Å²) < 4.78 is 44.8. The number of carboxylic acid groups (broad SMARTS) is 1. The lowest BCUT2D eigenvalue weighted by molar-refractivity contribution is -0.192. The van der Waals surface area contributed by atoms with Gasteiger partial charge in [-0.1, -0.05) is 0 Å². The molecule has 12 heteroatoms. The van der Waals surface area contributed by atoms with E-state index in [0.29, 0.717) is 12.5 Å². The Morgan fingerprint density at radius 3 is 2.20 bits per heavy atom. The molecule has 8 nitrogen and oxygen atoms in total. The summed E-state index contributed by atoms with van der Waals surface area (Å²) in [5.74, 6) is -2.45. The molecule has 1 amide bonds. The van der Waals surface area contributed by atoms with Crippen LogP contribution in [-0.4, -0.2) is 88.7 Å². The van der Waals surface area contributed by atoms with E-state index in [9.17, 15) is 22.4 Å². The number of likely N-dealkylation sites (tertiary alicyclic amines) is 1. The molecule has 1 N–H and O–H groups in total. The van der Waals surface area contributed by atoms with Crippen LogP contribution in [0.5, 0.6) is 0 Å². The molecule has 1 atom stereocenters. The lowest BCUT2D eigenvalue weighted by Gasteiger charge is -2.46. The molecule has 3 rings (SSSR count). The Bertz CT molecular complexity index is 744. The molecular weight excluding hydrogens is 410 g/mol. The highest BCUT2D eigenvalue weighted by Gasteiger charge is 2.45. The molecule has 168 valence electrons. The summed E-state index contributed by atoms with van der Waals surface area (Å²) in [4.78, 5) is 35.3. The second-order valence-corrected chi connectivity index (χ2v) is 7.57. The first-order chi connectivity index (χ1) is 13.9. The Labute approximate surface area is 171 Å². The van der Waals surface area contributed by atoms with E-state index >= 15 is 0 Å². The van der Waals surface area contributed by atoms with Gasteiger partial charge in [-0.15, -0.1) is 0 Å². The Kier molecular flexibility index (Phi) is 7.56. The number of alkyl halides is 3. The molecule has 0 aliphatic carbocycles. The molecule has 0 radical (unpaired) electrons. The first-order valence-corrected chi connectivity index (χ1v) is 9.42. The van der Waals surface area contributed by atoms with Crippen molar-refractivity contribution in [1.82, 2.24) is 19.8 Å². The van der Waals surface area contributed by atoms with Gasteiger partial charge in [0.15, 0.2) is 5.82 Å². The van der Waals surface area contributed by atoms with Crippen molar-refractivity contribution < 1.29 is 32.3 Å². The lowest BCUT2D eigenvalue weighted by atomic mass is 9.86. The molecule has 1 aromatic heterocycles. The average Bonchev–Trinajstić information content (AvgIpc) is 3.03. The number of nitrogens with zero attached hydrogens (tertiary/aromatic N) is 5. The molecule has 2 fully saturated rings. The number of carbonyl (C=O) groups excluding carboxylic acids is 1. The average molecular weight is 435 g/mol. The van der Waals surface area contributed by atoms with E-state index < -0.39 is 18.0 Å². The zero-order valence-electron chi connectivity index (χ0n) is 16.8. The Balaban J connectivity index is 0.000000396. The van der Waals surface area contributed by atoms with Gasteiger partial charge >= 0.3 is 12.1 Å². The molecule has 0 saturated carbocycles. The first kappa shape index (κ1) is 23.8. The van der Waals surface area contributed by atoms with Crippen molar-refractivity contribution >= 4 is 17.8 Å². The number of aliphatic carboxylic acids is 1. The molecule has 1 aromatic rings. The maximum Gasteiger partial charge on any atom is 0.490 e. The topological polar surface area (TPSA) is 89.9 Å². The molecule has 0 bridgehead atoms. The van der Waals surface area contributed by atoms with Crippen molar-refractivity contribution in [2.45, 2.75) is 37.4 Å². The van der Waals surface area contributed by atoms with Gasteiger partial charge in [-0.25, -0.2) is 19.2 Å². The van der Waals surface area contributed by atoms with Crippen molar-refractivity contribution in [3.05, 3.63) is 18.2 Å². The third-order valence-electron chi connectivity index (χ3n) is 5.25. The highest BCUT2D eigenvalue weighted by Crippen LogP contribution is 2.37. The maximum absolute atomic E-state index is 13.0. The summed E-state index contributed by atoms with van der Waals surface area (Å²) in [7, 11) is 3.59. The van der Waals surface area contributed by atoms with Gasteiger partial charge in [-0.3, -0.25) is 9.69 Å². The van der Waals surface area contributed by atoms with E-state index in [0.717, 1.165) is 45.3 Å². The summed E-state index contributed by atoms with van der Waals surface area (Å²) in [5.41, 5.74) is 0.0155. The largest absolute Gasteiger partial charge is 0.490 e. The van der Waals surface area contributed by atoms with Crippen LogP contribution in [0.2, 0.25) is 0 Å². The first-order valence-electron chi connectivity index (χ1n) is 9.42. The molecule has 1 spiro atoms. The van der Waals surface area contributed by atoms with Crippen molar-refractivity contribution in [3.63, 3.8) is 0 Å². The Morgan fingerprint density at radius 1 is 1.17 bits per heavy atom. The highest BCUT2D eigenvalue weighted by atomic mass is 19.4. The summed E-state index contributed by atoms with van der Waals surface area (Å²) in [6, 6.07) is 0. The highest BCUT2D eigenvalue weighted by molar-refractivity contribution is 5.77. The quantitative estimate of drug-likeness (QED) is 0.724. The minimum atomic E-state index is -5.08. The number of hydrogen-bond acceptors (Lipinski definition) is 6. The summed E-state index contributed by atoms with van der Waals surface area (Å²) >= 11 is 0. The normalized spacial score (nSPS) is 21.9. The van der Waals surface area contributed by atoms with Crippen LogP contribution in [0.4, 0.5) is 23.5 Å². The summed E-state index contributed by atoms with van der Waals surface area (Å²) in [6.45, 7) is 3.10. The second kappa shape index (κ2) is 9.54. The van der Waals surface area contributed by atoms with E-state index in [2.05, 4.69) is 19.8 Å². The number of hydrogen-bond donors (Lipinski definition) is 1. The fourth-order valence-corrected chi connectivity index (χ4v) is 3.76. The second-order valence-electron chi connectivity index (χ2n) is 7.57. The van der Waals surface area contributed by atoms with E-state index in [1.807, 2.05) is 0 Å². The smallest absolute Gasteiger partial charge is 0.475 e. The molecule has 2 aliphatic heterocycles. The molecule has 2 saturated heterocycles. The van der Waals surface area contributed by atoms with Gasteiger partial charge in [0.1, 0.15) is 0 Å². The predicted molar refractivity (Wildman–Crippen MR) is 99.4 cm³/mol. The number of carboxylic acids is 1. The molecule has 30 heavy (non-hydrogen) atoms. The van der Waals surface area contributed by atoms with Crippen LogP contribution < -0.4 is 4.90 Å². The summed E-state index contributed by atoms with van der Waals surface area (Å²) in [6.07, 6.45) is 1.67. The van der Waals surface area contributed by atoms with E-state index in [1.165, 1.54) is 12.4 Å². The standard InChI is InChI=1S/C16H24FN5O.C2HF3O2/c1-20(2)14(23)11-22-8-4-6-16(22)5-3-7-21(12-16)15-18-9-13(17)10-19-15;3-2(4,5)1(6)7/h9-10H,3-8,11-12H2,1-2H3;(H,6,7). The Hall–Kier alpha value is -2.50. The van der Waals surface area contributed by atoms with Crippen molar-refractivity contribution in [3.8, 4) is 0 Å². The molecule has 2 aliphatic rings. The monoisotopic (exact) mass is 435 g/mol. The number of likely N-dealkylation sites (N-methyl/N-ethyl adjacent to an activating group) is 1. The predicted octanol–water partition coefficient (Wildman–Crippen LogP) is 1.77. The van der Waals surface area contributed by atoms with Gasteiger partial charge in [0, 0.05) is 32.7 Å². The van der Waals surface area contributed by atoms with Crippen molar-refractivity contribution in [1.29, 1.82) is 0 Å². The van der Waals surface area contributed by atoms with Crippen LogP contribution in [-0.2, 0) is 9.59 Å². The van der Waals surface area contributed by atoms with Gasteiger partial charge in [0.05, 0.1) is 18.9 Å². The van der Waals surface area contributed by atoms with Crippen molar-refractivity contribution in [2.24, 2.45) is 0 Å². The molecule has 3 heterocycles. The van der Waals surface area contributed by atoms with Crippen LogP contribution in [0, 0.1) is 5.82 Å². The zero-order valence-corrected chi connectivity index (χ0v) is 16.8. The third kappa shape index (κ3) is 6.00. The van der Waals surface area contributed by atoms with Crippen LogP contribution in [0.3, 0.4) is 0 Å². The number of amides is 1. The molecule has 1 unspecified atom stereocenters. The van der Waals surface area contributed by atoms with E-state index in [-0.39, 0.29) is 11.4 Å². The van der Waals surface area contributed by atoms with Gasteiger partial charge in [0.25, 0.3) is 0 Å². The molecular formula is C18H25F4N5O3. The minimum Gasteiger partial charge on any atom is -0.475 e. The van der Waals surface area contributed by atoms with Crippen LogP contribution in [0.1, 0.15) is 25.7 Å². The SMILES string of the molecule is CN(C)C(=O)CN1CCCC12CCCN(c1ncc(F)cn1)C2.O=C(O)C(F)(F)F. The maximum atomic E-state index is 13.0. The van der Waals surface area contributed by atoms with E-state index in [1.54, 1.807) is 19.0 Å². The third-order valence-corrected chi connectivity index (χ3v) is 5.25. The summed E-state index contributed by atoms with van der Waals surface area (Å²) in [5, 5.41) is 7.12. The van der Waals surface area contributed by atoms with Gasteiger partial charge in [0.2, 0.25) is 11.9 Å². The molecule has 0 aromatic carbocycles. The fourth-order valence-electron chi connectivity index (χ4n) is 3.76. The van der Waals surface area contributed by atoms with Gasteiger partial charge < -0.3 is 14.9 Å². The minimum absolute atomic E-state index is 0.0155. The lowest BCUT2D eigenvalue weighted by Crippen LogP contribution is -2.57. The number of aromatic nitrogens is 2. The van der Waals surface area contributed by atoms with Gasteiger partial charge in [-0.05, 0) is 32.2 Å². The number of carbonyl (C=O) groups is 2. The number of anilines is 1. The van der Waals surface area contributed by atoms with Gasteiger partial charge in [-0.2, -0.15) is 13.2 Å². The van der Waals surface area contributed by atoms with Crippen LogP contribution in [0.25, 0.3) is 0 Å². The van der Waals surface area contributed by atoms with E-state index in [4.69, 9.17) is 9.90 Å². The number of piperidine rings is 1. The van der Waals surface area contributed by atoms with Crippen LogP contribution in [0.15, 0.2) is 12.4 Å². The Morgan fingerprint density at radius 2 is 1.70 bits per heavy atom. The fraction of sp³-hybridized carbons (Fsp3) is 0.667. The van der Waals surface area contributed by atoms with Crippen molar-refractivity contribution in [2.75, 3.05) is 45.2 Å².